The maximum Gasteiger partial charge on any atom is 0.310 e. The van der Waals surface area contributed by atoms with Crippen LogP contribution >= 0.6 is 12.4 Å². The maximum atomic E-state index is 12.0. The van der Waals surface area contributed by atoms with Crippen LogP contribution < -0.4 is 5.73 Å². The minimum Gasteiger partial charge on any atom is -0.481 e. The third-order valence-corrected chi connectivity index (χ3v) is 2.31. The Labute approximate surface area is 104 Å². The molecular weight excluding hydrogens is 252 g/mol. The molecule has 3 nitrogen and oxygen atoms in total. The van der Waals surface area contributed by atoms with Gasteiger partial charge < -0.3 is 10.8 Å². The van der Waals surface area contributed by atoms with Crippen molar-refractivity contribution in [2.45, 2.75) is 25.2 Å². The van der Waals surface area contributed by atoms with Gasteiger partial charge in [-0.1, -0.05) is 12.1 Å². The van der Waals surface area contributed by atoms with Crippen LogP contribution in [0.3, 0.4) is 0 Å². The van der Waals surface area contributed by atoms with Gasteiger partial charge >= 0.3 is 5.97 Å². The average Bonchev–Trinajstić information content (AvgIpc) is 2.20. The van der Waals surface area contributed by atoms with Gasteiger partial charge in [-0.15, -0.1) is 12.4 Å². The smallest absolute Gasteiger partial charge is 0.310 e. The number of halogens is 3. The summed E-state index contributed by atoms with van der Waals surface area (Å²) in [5.41, 5.74) is 6.48. The Kier molecular flexibility index (Phi) is 6.50. The first kappa shape index (κ1) is 15.6. The molecule has 1 atom stereocenters. The highest BCUT2D eigenvalue weighted by Crippen LogP contribution is 2.24. The molecule has 1 aromatic carbocycles. The molecule has 6 heteroatoms. The topological polar surface area (TPSA) is 63.3 Å². The van der Waals surface area contributed by atoms with Crippen LogP contribution in [0, 0.1) is 0 Å². The van der Waals surface area contributed by atoms with E-state index in [1.54, 1.807) is 24.3 Å². The number of benzene rings is 1. The van der Waals surface area contributed by atoms with Gasteiger partial charge in [0.1, 0.15) is 0 Å². The van der Waals surface area contributed by atoms with Gasteiger partial charge in [0.2, 0.25) is 6.43 Å². The van der Waals surface area contributed by atoms with Crippen molar-refractivity contribution in [3.05, 3.63) is 29.8 Å². The number of carboxylic acid groups (broad SMARTS) is 1. The second kappa shape index (κ2) is 7.06. The third-order valence-electron chi connectivity index (χ3n) is 2.31. The predicted octanol–water partition coefficient (Wildman–Crippen LogP) is 2.90. The third kappa shape index (κ3) is 4.99. The van der Waals surface area contributed by atoms with E-state index in [-0.39, 0.29) is 18.8 Å². The van der Waals surface area contributed by atoms with Crippen LogP contribution in [-0.2, 0) is 4.79 Å². The van der Waals surface area contributed by atoms with Crippen molar-refractivity contribution in [2.24, 2.45) is 0 Å². The van der Waals surface area contributed by atoms with Crippen molar-refractivity contribution < 1.29 is 18.7 Å². The molecule has 1 aromatic rings. The highest BCUT2D eigenvalue weighted by Gasteiger charge is 2.21. The Morgan fingerprint density at radius 2 is 1.76 bits per heavy atom. The van der Waals surface area contributed by atoms with Gasteiger partial charge in [-0.3, -0.25) is 4.79 Å². The SMILES string of the molecule is Cl.Nc1ccc(C(CCC(F)F)C(=O)O)cc1. The van der Waals surface area contributed by atoms with E-state index >= 15 is 0 Å². The Hall–Kier alpha value is -1.36. The lowest BCUT2D eigenvalue weighted by molar-refractivity contribution is -0.139. The monoisotopic (exact) mass is 265 g/mol. The van der Waals surface area contributed by atoms with Gasteiger partial charge in [0.15, 0.2) is 0 Å². The molecule has 0 saturated carbocycles. The quantitative estimate of drug-likeness (QED) is 0.805. The fourth-order valence-corrected chi connectivity index (χ4v) is 1.45. The van der Waals surface area contributed by atoms with E-state index in [1.165, 1.54) is 0 Å². The summed E-state index contributed by atoms with van der Waals surface area (Å²) in [6.07, 6.45) is -2.96. The Balaban J connectivity index is 0.00000256. The minimum absolute atomic E-state index is 0. The summed E-state index contributed by atoms with van der Waals surface area (Å²) < 4.78 is 24.1. The van der Waals surface area contributed by atoms with Gasteiger partial charge in [0.25, 0.3) is 0 Å². The summed E-state index contributed by atoms with van der Waals surface area (Å²) in [6, 6.07) is 6.24. The van der Waals surface area contributed by atoms with Crippen molar-refractivity contribution >= 4 is 24.1 Å². The van der Waals surface area contributed by atoms with E-state index in [2.05, 4.69) is 0 Å². The minimum atomic E-state index is -2.48. The molecule has 96 valence electrons. The van der Waals surface area contributed by atoms with Crippen LogP contribution in [0.2, 0.25) is 0 Å². The fraction of sp³-hybridized carbons (Fsp3) is 0.364. The molecule has 0 heterocycles. The van der Waals surface area contributed by atoms with Gasteiger partial charge in [-0.25, -0.2) is 8.78 Å². The molecule has 0 aliphatic heterocycles. The van der Waals surface area contributed by atoms with Crippen molar-refractivity contribution in [2.75, 3.05) is 5.73 Å². The summed E-state index contributed by atoms with van der Waals surface area (Å²) in [5.74, 6) is -1.99. The van der Waals surface area contributed by atoms with Crippen molar-refractivity contribution in [1.29, 1.82) is 0 Å². The van der Waals surface area contributed by atoms with Crippen LogP contribution in [0.1, 0.15) is 24.3 Å². The first-order valence-corrected chi connectivity index (χ1v) is 4.87. The molecule has 0 aliphatic rings. The van der Waals surface area contributed by atoms with Crippen LogP contribution in [-0.4, -0.2) is 17.5 Å². The number of anilines is 1. The van der Waals surface area contributed by atoms with Crippen molar-refractivity contribution in [3.8, 4) is 0 Å². The first-order valence-electron chi connectivity index (χ1n) is 4.87. The van der Waals surface area contributed by atoms with Crippen molar-refractivity contribution in [1.82, 2.24) is 0 Å². The molecular formula is C11H14ClF2NO2. The highest BCUT2D eigenvalue weighted by atomic mass is 35.5. The molecule has 0 bridgehead atoms. The molecule has 0 aromatic heterocycles. The lowest BCUT2D eigenvalue weighted by Gasteiger charge is -2.12. The number of hydrogen-bond acceptors (Lipinski definition) is 2. The number of nitrogens with two attached hydrogens (primary N) is 1. The highest BCUT2D eigenvalue weighted by molar-refractivity contribution is 5.85. The number of carboxylic acids is 1. The summed E-state index contributed by atoms with van der Waals surface area (Å²) in [5, 5.41) is 8.93. The van der Waals surface area contributed by atoms with E-state index in [9.17, 15) is 13.6 Å². The lowest BCUT2D eigenvalue weighted by Crippen LogP contribution is -2.13. The van der Waals surface area contributed by atoms with Gasteiger partial charge in [0.05, 0.1) is 5.92 Å². The lowest BCUT2D eigenvalue weighted by atomic mass is 9.94. The second-order valence-electron chi connectivity index (χ2n) is 3.53. The molecule has 0 fully saturated rings. The molecule has 0 radical (unpaired) electrons. The van der Waals surface area contributed by atoms with Crippen LogP contribution in [0.5, 0.6) is 0 Å². The summed E-state index contributed by atoms with van der Waals surface area (Å²) in [4.78, 5) is 10.9. The standard InChI is InChI=1S/C11H13F2NO2.ClH/c12-10(13)6-5-9(11(15)16)7-1-3-8(14)4-2-7;/h1-4,9-10H,5-6,14H2,(H,15,16);1H. The average molecular weight is 266 g/mol. The van der Waals surface area contributed by atoms with Gasteiger partial charge in [-0.05, 0) is 24.1 Å². The number of carbonyl (C=O) groups is 1. The summed E-state index contributed by atoms with van der Waals surface area (Å²) >= 11 is 0. The fourth-order valence-electron chi connectivity index (χ4n) is 1.45. The van der Waals surface area contributed by atoms with E-state index < -0.39 is 24.7 Å². The van der Waals surface area contributed by atoms with Crippen LogP contribution in [0.15, 0.2) is 24.3 Å². The molecule has 0 aliphatic carbocycles. The zero-order valence-electron chi connectivity index (χ0n) is 8.98. The van der Waals surface area contributed by atoms with E-state index in [1.807, 2.05) is 0 Å². The molecule has 17 heavy (non-hydrogen) atoms. The number of hydrogen-bond donors (Lipinski definition) is 2. The first-order chi connectivity index (χ1) is 7.50. The Bertz CT molecular complexity index is 357. The molecule has 1 rings (SSSR count). The van der Waals surface area contributed by atoms with Gasteiger partial charge in [-0.2, -0.15) is 0 Å². The number of aliphatic carboxylic acids is 1. The predicted molar refractivity (Wildman–Crippen MR) is 63.7 cm³/mol. The molecule has 3 N–H and O–H groups in total. The Morgan fingerprint density at radius 1 is 1.24 bits per heavy atom. The number of nitrogen functional groups attached to an aromatic ring is 1. The summed E-state index contributed by atoms with van der Waals surface area (Å²) in [7, 11) is 0. The molecule has 0 amide bonds. The number of alkyl halides is 2. The Morgan fingerprint density at radius 3 is 2.18 bits per heavy atom. The second-order valence-corrected chi connectivity index (χ2v) is 3.53. The zero-order valence-corrected chi connectivity index (χ0v) is 9.79. The number of rotatable bonds is 5. The van der Waals surface area contributed by atoms with Crippen molar-refractivity contribution in [3.63, 3.8) is 0 Å². The zero-order chi connectivity index (χ0) is 12.1. The van der Waals surface area contributed by atoms with E-state index in [4.69, 9.17) is 10.8 Å². The largest absolute Gasteiger partial charge is 0.481 e. The van der Waals surface area contributed by atoms with E-state index in [0.717, 1.165) is 0 Å². The van der Waals surface area contributed by atoms with Gasteiger partial charge in [0, 0.05) is 12.1 Å². The van der Waals surface area contributed by atoms with E-state index in [0.29, 0.717) is 11.3 Å². The molecule has 1 unspecified atom stereocenters. The van der Waals surface area contributed by atoms with Crippen LogP contribution in [0.25, 0.3) is 0 Å². The molecule has 0 saturated heterocycles. The summed E-state index contributed by atoms with van der Waals surface area (Å²) in [6.45, 7) is 0. The van der Waals surface area contributed by atoms with Crippen LogP contribution in [0.4, 0.5) is 14.5 Å². The maximum absolute atomic E-state index is 12.0. The molecule has 0 spiro atoms. The normalized spacial score (nSPS) is 11.9.